The summed E-state index contributed by atoms with van der Waals surface area (Å²) in [5, 5.41) is 6.15. The summed E-state index contributed by atoms with van der Waals surface area (Å²) in [7, 11) is 1.60. The van der Waals surface area contributed by atoms with Crippen LogP contribution in [0.5, 0.6) is 5.75 Å². The number of hydrogen-bond acceptors (Lipinski definition) is 6. The Morgan fingerprint density at radius 2 is 2.19 bits per heavy atom. The van der Waals surface area contributed by atoms with Crippen molar-refractivity contribution in [3.63, 3.8) is 0 Å². The Hall–Kier alpha value is -3.19. The van der Waals surface area contributed by atoms with E-state index in [1.54, 1.807) is 25.6 Å². The number of pyridine rings is 1. The first-order valence-electron chi connectivity index (χ1n) is 7.94. The molecule has 0 fully saturated rings. The van der Waals surface area contributed by atoms with Crippen molar-refractivity contribution in [2.75, 3.05) is 12.4 Å². The number of ether oxygens (including phenoxy) is 1. The van der Waals surface area contributed by atoms with Gasteiger partial charge in [0, 0.05) is 28.6 Å². The van der Waals surface area contributed by atoms with Crippen molar-refractivity contribution in [3.8, 4) is 17.1 Å². The zero-order valence-corrected chi connectivity index (χ0v) is 14.7. The molecule has 0 spiro atoms. The molecule has 0 radical (unpaired) electrons. The van der Waals surface area contributed by atoms with Crippen LogP contribution in [0, 0.1) is 0 Å². The zero-order valence-electron chi connectivity index (χ0n) is 13.9. The van der Waals surface area contributed by atoms with Crippen LogP contribution in [0.15, 0.2) is 58.7 Å². The number of carbonyl (C=O) groups excluding carboxylic acids is 1. The average molecular weight is 365 g/mol. The van der Waals surface area contributed by atoms with E-state index in [1.165, 1.54) is 11.3 Å². The molecular formula is C19H15N3O3S. The van der Waals surface area contributed by atoms with Gasteiger partial charge in [0.15, 0.2) is 5.13 Å². The van der Waals surface area contributed by atoms with Gasteiger partial charge in [0.05, 0.1) is 25.5 Å². The molecule has 3 heterocycles. The van der Waals surface area contributed by atoms with Gasteiger partial charge in [-0.2, -0.15) is 0 Å². The van der Waals surface area contributed by atoms with Gasteiger partial charge in [-0.05, 0) is 24.3 Å². The normalized spacial score (nSPS) is 10.8. The molecular weight excluding hydrogens is 350 g/mol. The first-order chi connectivity index (χ1) is 12.7. The molecule has 0 saturated heterocycles. The van der Waals surface area contributed by atoms with Gasteiger partial charge in [-0.1, -0.05) is 6.07 Å². The molecule has 0 unspecified atom stereocenters. The Labute approximate surface area is 153 Å². The highest BCUT2D eigenvalue weighted by molar-refractivity contribution is 7.14. The Morgan fingerprint density at radius 3 is 3.00 bits per heavy atom. The van der Waals surface area contributed by atoms with Crippen LogP contribution in [-0.2, 0) is 11.2 Å². The smallest absolute Gasteiger partial charge is 0.230 e. The van der Waals surface area contributed by atoms with Crippen LogP contribution in [-0.4, -0.2) is 23.0 Å². The summed E-state index contributed by atoms with van der Waals surface area (Å²) in [6.45, 7) is 0. The fourth-order valence-corrected chi connectivity index (χ4v) is 3.35. The summed E-state index contributed by atoms with van der Waals surface area (Å²) in [5.74, 6) is 0.568. The summed E-state index contributed by atoms with van der Waals surface area (Å²) in [5.41, 5.74) is 3.03. The van der Waals surface area contributed by atoms with E-state index in [-0.39, 0.29) is 12.3 Å². The number of thiazole rings is 1. The third-order valence-corrected chi connectivity index (χ3v) is 4.65. The van der Waals surface area contributed by atoms with Crippen molar-refractivity contribution in [2.24, 2.45) is 0 Å². The van der Waals surface area contributed by atoms with E-state index < -0.39 is 0 Å². The minimum absolute atomic E-state index is 0.148. The van der Waals surface area contributed by atoms with E-state index in [0.29, 0.717) is 16.5 Å². The molecule has 1 aromatic carbocycles. The van der Waals surface area contributed by atoms with E-state index >= 15 is 0 Å². The van der Waals surface area contributed by atoms with Crippen LogP contribution in [0.4, 0.5) is 5.13 Å². The van der Waals surface area contributed by atoms with Crippen LogP contribution >= 0.6 is 11.3 Å². The van der Waals surface area contributed by atoms with Gasteiger partial charge in [0.1, 0.15) is 17.0 Å². The fourth-order valence-electron chi connectivity index (χ4n) is 2.63. The van der Waals surface area contributed by atoms with Crippen LogP contribution in [0.2, 0.25) is 0 Å². The van der Waals surface area contributed by atoms with E-state index in [0.717, 1.165) is 22.3 Å². The standard InChI is InChI=1S/C19H15N3O3S/c1-24-13-5-6-14-12(10-25-17(14)9-13)8-18(23)22-19-21-16(11-26-19)15-4-2-3-7-20-15/h2-7,9-11H,8H2,1H3,(H,21,22,23). The number of rotatable bonds is 5. The fraction of sp³-hybridized carbons (Fsp3) is 0.105. The van der Waals surface area contributed by atoms with Crippen molar-refractivity contribution >= 4 is 33.3 Å². The number of nitrogens with zero attached hydrogens (tertiary/aromatic N) is 2. The molecule has 0 atom stereocenters. The van der Waals surface area contributed by atoms with Gasteiger partial charge >= 0.3 is 0 Å². The summed E-state index contributed by atoms with van der Waals surface area (Å²) >= 11 is 1.37. The minimum atomic E-state index is -0.148. The number of nitrogens with one attached hydrogen (secondary N) is 1. The number of methoxy groups -OCH3 is 1. The van der Waals surface area contributed by atoms with Gasteiger partial charge in [-0.25, -0.2) is 4.98 Å². The lowest BCUT2D eigenvalue weighted by Gasteiger charge is -2.01. The molecule has 1 N–H and O–H groups in total. The van der Waals surface area contributed by atoms with E-state index in [9.17, 15) is 4.79 Å². The molecule has 1 amide bonds. The number of anilines is 1. The summed E-state index contributed by atoms with van der Waals surface area (Å²) in [4.78, 5) is 21.0. The molecule has 3 aromatic heterocycles. The maximum atomic E-state index is 12.4. The molecule has 7 heteroatoms. The third kappa shape index (κ3) is 3.29. The van der Waals surface area contributed by atoms with Crippen molar-refractivity contribution in [1.82, 2.24) is 9.97 Å². The largest absolute Gasteiger partial charge is 0.497 e. The lowest BCUT2D eigenvalue weighted by molar-refractivity contribution is -0.115. The Bertz CT molecular complexity index is 1060. The Balaban J connectivity index is 1.47. The van der Waals surface area contributed by atoms with Crippen molar-refractivity contribution in [1.29, 1.82) is 0 Å². The highest BCUT2D eigenvalue weighted by Gasteiger charge is 2.13. The van der Waals surface area contributed by atoms with Crippen molar-refractivity contribution in [3.05, 3.63) is 59.8 Å². The number of carbonyl (C=O) groups is 1. The Kier molecular flexibility index (Phi) is 4.37. The molecule has 0 bridgehead atoms. The highest BCUT2D eigenvalue weighted by Crippen LogP contribution is 2.27. The van der Waals surface area contributed by atoms with E-state index in [2.05, 4.69) is 15.3 Å². The van der Waals surface area contributed by atoms with Crippen molar-refractivity contribution in [2.45, 2.75) is 6.42 Å². The van der Waals surface area contributed by atoms with Gasteiger partial charge in [0.25, 0.3) is 0 Å². The third-order valence-electron chi connectivity index (χ3n) is 3.89. The van der Waals surface area contributed by atoms with Gasteiger partial charge in [-0.3, -0.25) is 9.78 Å². The summed E-state index contributed by atoms with van der Waals surface area (Å²) in [6, 6.07) is 11.2. The van der Waals surface area contributed by atoms with Crippen LogP contribution in [0.3, 0.4) is 0 Å². The SMILES string of the molecule is COc1ccc2c(CC(=O)Nc3nc(-c4ccccn4)cs3)coc2c1. The quantitative estimate of drug-likeness (QED) is 0.575. The number of amides is 1. The number of fused-ring (bicyclic) bond motifs is 1. The second-order valence-electron chi connectivity index (χ2n) is 5.60. The maximum Gasteiger partial charge on any atom is 0.230 e. The van der Waals surface area contributed by atoms with Crippen molar-refractivity contribution < 1.29 is 13.9 Å². The predicted molar refractivity (Wildman–Crippen MR) is 100 cm³/mol. The predicted octanol–water partition coefficient (Wildman–Crippen LogP) is 4.14. The summed E-state index contributed by atoms with van der Waals surface area (Å²) < 4.78 is 10.7. The molecule has 0 saturated carbocycles. The van der Waals surface area contributed by atoms with E-state index in [1.807, 2.05) is 35.7 Å². The lowest BCUT2D eigenvalue weighted by Crippen LogP contribution is -2.13. The van der Waals surface area contributed by atoms with E-state index in [4.69, 9.17) is 9.15 Å². The number of aromatic nitrogens is 2. The summed E-state index contributed by atoms with van der Waals surface area (Å²) in [6.07, 6.45) is 3.52. The molecule has 4 rings (SSSR count). The molecule has 6 nitrogen and oxygen atoms in total. The van der Waals surface area contributed by atoms with Crippen LogP contribution < -0.4 is 10.1 Å². The number of benzene rings is 1. The second-order valence-corrected chi connectivity index (χ2v) is 6.46. The molecule has 0 aliphatic carbocycles. The first-order valence-corrected chi connectivity index (χ1v) is 8.82. The number of hydrogen-bond donors (Lipinski definition) is 1. The first kappa shape index (κ1) is 16.3. The number of furan rings is 1. The topological polar surface area (TPSA) is 77.2 Å². The lowest BCUT2D eigenvalue weighted by atomic mass is 10.1. The molecule has 0 aliphatic rings. The van der Waals surface area contributed by atoms with Gasteiger partial charge < -0.3 is 14.5 Å². The monoisotopic (exact) mass is 365 g/mol. The van der Waals surface area contributed by atoms with Gasteiger partial charge in [0.2, 0.25) is 5.91 Å². The second kappa shape index (κ2) is 6.97. The Morgan fingerprint density at radius 1 is 1.27 bits per heavy atom. The maximum absolute atomic E-state index is 12.4. The zero-order chi connectivity index (χ0) is 17.9. The molecule has 130 valence electrons. The highest BCUT2D eigenvalue weighted by atomic mass is 32.1. The van der Waals surface area contributed by atoms with Gasteiger partial charge in [-0.15, -0.1) is 11.3 Å². The molecule has 26 heavy (non-hydrogen) atoms. The van der Waals surface area contributed by atoms with Crippen LogP contribution in [0.1, 0.15) is 5.56 Å². The molecule has 0 aliphatic heterocycles. The van der Waals surface area contributed by atoms with Crippen LogP contribution in [0.25, 0.3) is 22.4 Å². The minimum Gasteiger partial charge on any atom is -0.497 e. The molecule has 4 aromatic rings. The average Bonchev–Trinajstić information content (AvgIpc) is 3.29.